The summed E-state index contributed by atoms with van der Waals surface area (Å²) in [6.45, 7) is 4.01. The van der Waals surface area contributed by atoms with Crippen LogP contribution in [-0.2, 0) is 38.3 Å². The number of hydrogen-bond donors (Lipinski definition) is 4. The van der Waals surface area contributed by atoms with Gasteiger partial charge in [0.05, 0.1) is 19.8 Å². The van der Waals surface area contributed by atoms with Crippen LogP contribution in [0.15, 0.2) is 24.3 Å². The van der Waals surface area contributed by atoms with Crippen LogP contribution in [0.3, 0.4) is 0 Å². The minimum atomic E-state index is -5.07. The zero-order valence-electron chi connectivity index (χ0n) is 44.1. The zero-order chi connectivity index (χ0) is 50.3. The number of aliphatic hydroxyl groups is 3. The van der Waals surface area contributed by atoms with Crippen molar-refractivity contribution in [1.82, 2.24) is 0 Å². The predicted octanol–water partition coefficient (Wildman–Crippen LogP) is 13.9. The van der Waals surface area contributed by atoms with E-state index in [-0.39, 0.29) is 19.6 Å². The maximum Gasteiger partial charge on any atom is 0.397 e. The first-order valence-corrected chi connectivity index (χ1v) is 30.0. The van der Waals surface area contributed by atoms with Crippen molar-refractivity contribution in [3.05, 3.63) is 24.3 Å². The fraction of sp³-hybridized carbons (Fsp3) is 0.911. The van der Waals surface area contributed by atoms with E-state index < -0.39 is 59.8 Å². The van der Waals surface area contributed by atoms with Gasteiger partial charge in [-0.1, -0.05) is 237 Å². The third-order valence-electron chi connectivity index (χ3n) is 13.3. The summed E-state index contributed by atoms with van der Waals surface area (Å²) >= 11 is 0. The van der Waals surface area contributed by atoms with Gasteiger partial charge < -0.3 is 34.3 Å². The summed E-state index contributed by atoms with van der Waals surface area (Å²) in [5.74, 6) is -0.402. The highest BCUT2D eigenvalue weighted by molar-refractivity contribution is 7.80. The molecule has 0 amide bonds. The molecule has 0 aromatic rings. The van der Waals surface area contributed by atoms with Gasteiger partial charge in [0.1, 0.15) is 30.5 Å². The molecule has 0 aromatic heterocycles. The van der Waals surface area contributed by atoms with E-state index in [4.69, 9.17) is 18.9 Å². The van der Waals surface area contributed by atoms with Gasteiger partial charge in [-0.25, -0.2) is 4.18 Å². The molecule has 1 saturated heterocycles. The van der Waals surface area contributed by atoms with Gasteiger partial charge in [-0.05, 0) is 44.9 Å². The molecule has 13 heteroatoms. The Kier molecular flexibility index (Phi) is 45.2. The highest BCUT2D eigenvalue weighted by atomic mass is 32.3. The van der Waals surface area contributed by atoms with E-state index in [2.05, 4.69) is 42.3 Å². The van der Waals surface area contributed by atoms with Gasteiger partial charge in [-0.15, -0.1) is 0 Å². The van der Waals surface area contributed by atoms with Gasteiger partial charge in [-0.3, -0.25) is 9.35 Å². The SMILES string of the molecule is CCCCC/C=C\C/C=C\CCCCCCCCCC(=O)OC(COCCCCCCCCCCCCCCCCCCCCCCCCCCC)COC1OC(CO)C(O)C(OS(=O)(=O)O)C1O. The highest BCUT2D eigenvalue weighted by Gasteiger charge is 2.48. The summed E-state index contributed by atoms with van der Waals surface area (Å²) in [7, 11) is -5.07. The molecule has 1 rings (SSSR count). The predicted molar refractivity (Wildman–Crippen MR) is 281 cm³/mol. The molecule has 69 heavy (non-hydrogen) atoms. The Morgan fingerprint density at radius 1 is 0.551 bits per heavy atom. The van der Waals surface area contributed by atoms with Crippen molar-refractivity contribution in [3.8, 4) is 0 Å². The molecule has 0 saturated carbocycles. The Bertz CT molecular complexity index is 1300. The number of allylic oxidation sites excluding steroid dienone is 4. The quantitative estimate of drug-likeness (QED) is 0.0196. The standard InChI is InChI=1S/C56H106O12S/c1-3-5-7-9-11-13-15-17-19-21-22-23-24-25-26-27-28-30-32-34-36-38-40-42-44-46-64-48-50(49-65-56-54(60)55(68-69(61,62)63)53(59)51(47-57)67-56)66-52(58)45-43-41-39-37-35-33-31-29-20-18-16-14-12-10-8-6-4-2/h12,14,18,20,50-51,53-57,59-60H,3-11,13,15-17,19,21-49H2,1-2H3,(H,61,62,63)/b14-12-,20-18-. The smallest absolute Gasteiger partial charge is 0.397 e. The van der Waals surface area contributed by atoms with Crippen LogP contribution in [0.5, 0.6) is 0 Å². The highest BCUT2D eigenvalue weighted by Crippen LogP contribution is 2.26. The third-order valence-corrected chi connectivity index (χ3v) is 13.8. The van der Waals surface area contributed by atoms with Gasteiger partial charge in [0.15, 0.2) is 6.29 Å². The van der Waals surface area contributed by atoms with Crippen molar-refractivity contribution in [2.24, 2.45) is 0 Å². The van der Waals surface area contributed by atoms with Crippen molar-refractivity contribution in [1.29, 1.82) is 0 Å². The largest absolute Gasteiger partial charge is 0.457 e. The average molecular weight is 1000 g/mol. The van der Waals surface area contributed by atoms with E-state index in [1.54, 1.807) is 0 Å². The Morgan fingerprint density at radius 3 is 1.41 bits per heavy atom. The van der Waals surface area contributed by atoms with Crippen LogP contribution < -0.4 is 0 Å². The molecule has 1 heterocycles. The van der Waals surface area contributed by atoms with Crippen LogP contribution in [0, 0.1) is 0 Å². The molecular weight excluding hydrogens is 897 g/mol. The van der Waals surface area contributed by atoms with E-state index >= 15 is 0 Å². The van der Waals surface area contributed by atoms with Crippen molar-refractivity contribution < 1.29 is 56.2 Å². The van der Waals surface area contributed by atoms with Crippen molar-refractivity contribution in [2.45, 2.75) is 301 Å². The van der Waals surface area contributed by atoms with E-state index in [1.165, 1.54) is 186 Å². The summed E-state index contributed by atoms with van der Waals surface area (Å²) in [5.41, 5.74) is 0. The molecule has 12 nitrogen and oxygen atoms in total. The molecule has 1 aliphatic rings. The Hall–Kier alpha value is -1.42. The fourth-order valence-electron chi connectivity index (χ4n) is 9.00. The van der Waals surface area contributed by atoms with Crippen LogP contribution in [0.1, 0.15) is 264 Å². The number of hydrogen-bond acceptors (Lipinski definition) is 11. The first-order valence-electron chi connectivity index (χ1n) is 28.6. The number of unbranched alkanes of at least 4 members (excludes halogenated alkanes) is 34. The van der Waals surface area contributed by atoms with Crippen LogP contribution >= 0.6 is 0 Å². The molecule has 0 spiro atoms. The summed E-state index contributed by atoms with van der Waals surface area (Å²) in [4.78, 5) is 12.9. The summed E-state index contributed by atoms with van der Waals surface area (Å²) in [5, 5.41) is 30.8. The third kappa shape index (κ3) is 40.7. The van der Waals surface area contributed by atoms with Crippen LogP contribution in [0.25, 0.3) is 0 Å². The van der Waals surface area contributed by atoms with E-state index in [0.29, 0.717) is 13.0 Å². The molecule has 0 bridgehead atoms. The molecule has 1 fully saturated rings. The first-order chi connectivity index (χ1) is 33.6. The maximum absolute atomic E-state index is 12.9. The molecular formula is C56H106O12S. The molecule has 0 aliphatic carbocycles. The molecule has 6 atom stereocenters. The zero-order valence-corrected chi connectivity index (χ0v) is 45.0. The second-order valence-corrected chi connectivity index (χ2v) is 20.9. The lowest BCUT2D eigenvalue weighted by atomic mass is 9.99. The van der Waals surface area contributed by atoms with Crippen molar-refractivity contribution >= 4 is 16.4 Å². The van der Waals surface area contributed by atoms with Gasteiger partial charge in [0.25, 0.3) is 0 Å². The van der Waals surface area contributed by atoms with E-state index in [0.717, 1.165) is 51.4 Å². The summed E-state index contributed by atoms with van der Waals surface area (Å²) < 4.78 is 59.4. The lowest BCUT2D eigenvalue weighted by Gasteiger charge is -2.41. The van der Waals surface area contributed by atoms with Gasteiger partial charge >= 0.3 is 16.4 Å². The maximum atomic E-state index is 12.9. The van der Waals surface area contributed by atoms with E-state index in [9.17, 15) is 33.1 Å². The Morgan fingerprint density at radius 2 is 0.957 bits per heavy atom. The van der Waals surface area contributed by atoms with Gasteiger partial charge in [-0.2, -0.15) is 8.42 Å². The minimum absolute atomic E-state index is 0.0376. The number of carbonyl (C=O) groups excluding carboxylic acids is 1. The lowest BCUT2D eigenvalue weighted by molar-refractivity contribution is -0.301. The Balaban J connectivity index is 2.27. The minimum Gasteiger partial charge on any atom is -0.457 e. The molecule has 1 aliphatic heterocycles. The van der Waals surface area contributed by atoms with Crippen LogP contribution in [0.4, 0.5) is 0 Å². The fourth-order valence-corrected chi connectivity index (χ4v) is 9.51. The second kappa shape index (κ2) is 47.6. The van der Waals surface area contributed by atoms with Crippen molar-refractivity contribution in [3.63, 3.8) is 0 Å². The summed E-state index contributed by atoms with van der Waals surface area (Å²) in [6.07, 6.45) is 47.9. The number of aliphatic hydroxyl groups excluding tert-OH is 3. The van der Waals surface area contributed by atoms with Crippen molar-refractivity contribution in [2.75, 3.05) is 26.4 Å². The molecule has 0 aromatic carbocycles. The molecule has 6 unspecified atom stereocenters. The van der Waals surface area contributed by atoms with Crippen LogP contribution in [0.2, 0.25) is 0 Å². The van der Waals surface area contributed by atoms with Crippen LogP contribution in [-0.4, -0.2) is 97.5 Å². The number of carbonyl (C=O) groups is 1. The summed E-state index contributed by atoms with van der Waals surface area (Å²) in [6, 6.07) is 0. The molecule has 408 valence electrons. The monoisotopic (exact) mass is 1000 g/mol. The number of esters is 1. The normalized spacial score (nSPS) is 19.3. The average Bonchev–Trinajstić information content (AvgIpc) is 3.32. The topological polar surface area (TPSA) is 178 Å². The second-order valence-electron chi connectivity index (χ2n) is 19.9. The lowest BCUT2D eigenvalue weighted by Crippen LogP contribution is -2.60. The van der Waals surface area contributed by atoms with Gasteiger partial charge in [0.2, 0.25) is 0 Å². The molecule has 4 N–H and O–H groups in total. The van der Waals surface area contributed by atoms with E-state index in [1.807, 2.05) is 0 Å². The number of rotatable bonds is 51. The molecule has 0 radical (unpaired) electrons. The first kappa shape index (κ1) is 65.6. The Labute approximate surface area is 422 Å². The number of ether oxygens (including phenoxy) is 4. The van der Waals surface area contributed by atoms with Gasteiger partial charge in [0, 0.05) is 13.0 Å².